The summed E-state index contributed by atoms with van der Waals surface area (Å²) in [6.07, 6.45) is 0.835. The Morgan fingerprint density at radius 1 is 1.24 bits per heavy atom. The van der Waals surface area contributed by atoms with Crippen molar-refractivity contribution >= 4 is 17.3 Å². The largest absolute Gasteiger partial charge is 0.384 e. The molecule has 0 heterocycles. The zero-order valence-corrected chi connectivity index (χ0v) is 13.0. The SMILES string of the molecule is COCCc1ccccc1NC(C)c1ccc(Cl)c(F)c1. The third-order valence-corrected chi connectivity index (χ3v) is 3.72. The van der Waals surface area contributed by atoms with E-state index in [2.05, 4.69) is 11.4 Å². The standard InChI is InChI=1S/C17H19ClFNO/c1-12(14-7-8-15(18)16(19)11-14)20-17-6-4-3-5-13(17)9-10-21-2/h3-8,11-12,20H,9-10H2,1-2H3. The van der Waals surface area contributed by atoms with Gasteiger partial charge in [0.25, 0.3) is 0 Å². The highest BCUT2D eigenvalue weighted by Crippen LogP contribution is 2.25. The predicted octanol–water partition coefficient (Wildman–Crippen LogP) is 4.84. The lowest BCUT2D eigenvalue weighted by Gasteiger charge is -2.19. The summed E-state index contributed by atoms with van der Waals surface area (Å²) in [7, 11) is 1.69. The summed E-state index contributed by atoms with van der Waals surface area (Å²) >= 11 is 5.72. The van der Waals surface area contributed by atoms with E-state index in [9.17, 15) is 4.39 Å². The number of halogens is 2. The van der Waals surface area contributed by atoms with E-state index in [0.717, 1.165) is 17.7 Å². The van der Waals surface area contributed by atoms with Crippen molar-refractivity contribution in [1.29, 1.82) is 0 Å². The topological polar surface area (TPSA) is 21.3 Å². The molecule has 0 aliphatic carbocycles. The van der Waals surface area contributed by atoms with Crippen molar-refractivity contribution in [2.24, 2.45) is 0 Å². The molecule has 4 heteroatoms. The van der Waals surface area contributed by atoms with Crippen LogP contribution in [-0.2, 0) is 11.2 Å². The minimum absolute atomic E-state index is 0.0135. The second-order valence-electron chi connectivity index (χ2n) is 4.94. The Hall–Kier alpha value is -1.58. The third-order valence-electron chi connectivity index (χ3n) is 3.41. The summed E-state index contributed by atoms with van der Waals surface area (Å²) in [4.78, 5) is 0. The first kappa shape index (κ1) is 15.8. The van der Waals surface area contributed by atoms with Gasteiger partial charge in [0.15, 0.2) is 0 Å². The van der Waals surface area contributed by atoms with Crippen LogP contribution in [0.4, 0.5) is 10.1 Å². The first-order valence-corrected chi connectivity index (χ1v) is 7.28. The fraction of sp³-hybridized carbons (Fsp3) is 0.294. The number of anilines is 1. The Labute approximate surface area is 129 Å². The molecule has 1 atom stereocenters. The molecule has 0 amide bonds. The molecule has 0 spiro atoms. The third kappa shape index (κ3) is 4.19. The van der Waals surface area contributed by atoms with Crippen LogP contribution >= 0.6 is 11.6 Å². The van der Waals surface area contributed by atoms with Crippen LogP contribution in [-0.4, -0.2) is 13.7 Å². The number of nitrogens with one attached hydrogen (secondary N) is 1. The highest BCUT2D eigenvalue weighted by molar-refractivity contribution is 6.30. The minimum Gasteiger partial charge on any atom is -0.384 e. The van der Waals surface area contributed by atoms with Gasteiger partial charge in [-0.2, -0.15) is 0 Å². The zero-order chi connectivity index (χ0) is 15.2. The fourth-order valence-electron chi connectivity index (χ4n) is 2.19. The molecule has 0 aliphatic rings. The lowest BCUT2D eigenvalue weighted by Crippen LogP contribution is -2.09. The molecule has 1 N–H and O–H groups in total. The zero-order valence-electron chi connectivity index (χ0n) is 12.2. The summed E-state index contributed by atoms with van der Waals surface area (Å²) in [6, 6.07) is 12.9. The van der Waals surface area contributed by atoms with Gasteiger partial charge in [0.2, 0.25) is 0 Å². The first-order chi connectivity index (χ1) is 10.1. The molecule has 0 fully saturated rings. The van der Waals surface area contributed by atoms with E-state index in [0.29, 0.717) is 6.61 Å². The highest BCUT2D eigenvalue weighted by Gasteiger charge is 2.10. The van der Waals surface area contributed by atoms with Crippen LogP contribution in [0.2, 0.25) is 5.02 Å². The Kier molecular flexibility index (Phi) is 5.59. The Balaban J connectivity index is 2.15. The van der Waals surface area contributed by atoms with Crippen molar-refractivity contribution in [3.05, 3.63) is 64.4 Å². The van der Waals surface area contributed by atoms with Crippen LogP contribution in [0.25, 0.3) is 0 Å². The molecule has 21 heavy (non-hydrogen) atoms. The quantitative estimate of drug-likeness (QED) is 0.824. The molecule has 0 aliphatic heterocycles. The minimum atomic E-state index is -0.393. The van der Waals surface area contributed by atoms with E-state index < -0.39 is 5.82 Å². The van der Waals surface area contributed by atoms with Gasteiger partial charge in [-0.05, 0) is 42.7 Å². The van der Waals surface area contributed by atoms with Gasteiger partial charge in [-0.1, -0.05) is 35.9 Å². The second-order valence-corrected chi connectivity index (χ2v) is 5.35. The number of hydrogen-bond donors (Lipinski definition) is 1. The molecular formula is C17H19ClFNO. The Morgan fingerprint density at radius 3 is 2.71 bits per heavy atom. The maximum absolute atomic E-state index is 13.5. The molecule has 0 saturated carbocycles. The van der Waals surface area contributed by atoms with Crippen molar-refractivity contribution in [2.75, 3.05) is 19.0 Å². The molecule has 0 bridgehead atoms. The van der Waals surface area contributed by atoms with Gasteiger partial charge in [-0.25, -0.2) is 4.39 Å². The molecular weight excluding hydrogens is 289 g/mol. The van der Waals surface area contributed by atoms with Crippen LogP contribution in [0.1, 0.15) is 24.1 Å². The monoisotopic (exact) mass is 307 g/mol. The first-order valence-electron chi connectivity index (χ1n) is 6.90. The number of hydrogen-bond acceptors (Lipinski definition) is 2. The summed E-state index contributed by atoms with van der Waals surface area (Å²) in [5.74, 6) is -0.393. The Bertz CT molecular complexity index is 603. The number of para-hydroxylation sites is 1. The van der Waals surface area contributed by atoms with Crippen molar-refractivity contribution in [2.45, 2.75) is 19.4 Å². The predicted molar refractivity (Wildman–Crippen MR) is 85.5 cm³/mol. The van der Waals surface area contributed by atoms with Gasteiger partial charge in [-0.3, -0.25) is 0 Å². The molecule has 0 aromatic heterocycles. The van der Waals surface area contributed by atoms with Crippen LogP contribution in [0.5, 0.6) is 0 Å². The number of rotatable bonds is 6. The van der Waals surface area contributed by atoms with E-state index in [1.54, 1.807) is 13.2 Å². The second kappa shape index (κ2) is 7.43. The van der Waals surface area contributed by atoms with Crippen molar-refractivity contribution in [1.82, 2.24) is 0 Å². The molecule has 112 valence electrons. The fourth-order valence-corrected chi connectivity index (χ4v) is 2.31. The van der Waals surface area contributed by atoms with Crippen LogP contribution < -0.4 is 5.32 Å². The summed E-state index contributed by atoms with van der Waals surface area (Å²) < 4.78 is 18.7. The van der Waals surface area contributed by atoms with Gasteiger partial charge in [0.05, 0.1) is 11.6 Å². The van der Waals surface area contributed by atoms with Crippen LogP contribution in [0.3, 0.4) is 0 Å². The smallest absolute Gasteiger partial charge is 0.142 e. The highest BCUT2D eigenvalue weighted by atomic mass is 35.5. The summed E-state index contributed by atoms with van der Waals surface area (Å²) in [5.41, 5.74) is 3.08. The van der Waals surface area contributed by atoms with Crippen LogP contribution in [0, 0.1) is 5.82 Å². The lowest BCUT2D eigenvalue weighted by atomic mass is 10.1. The van der Waals surface area contributed by atoms with Crippen molar-refractivity contribution < 1.29 is 9.13 Å². The Morgan fingerprint density at radius 2 is 2.00 bits per heavy atom. The maximum atomic E-state index is 13.5. The number of methoxy groups -OCH3 is 1. The van der Waals surface area contributed by atoms with E-state index in [1.165, 1.54) is 11.6 Å². The normalized spacial score (nSPS) is 12.2. The van der Waals surface area contributed by atoms with E-state index in [1.807, 2.05) is 31.2 Å². The van der Waals surface area contributed by atoms with Crippen molar-refractivity contribution in [3.63, 3.8) is 0 Å². The van der Waals surface area contributed by atoms with E-state index in [-0.39, 0.29) is 11.1 Å². The van der Waals surface area contributed by atoms with Gasteiger partial charge in [0, 0.05) is 18.8 Å². The summed E-state index contributed by atoms with van der Waals surface area (Å²) in [5, 5.41) is 3.56. The van der Waals surface area contributed by atoms with E-state index in [4.69, 9.17) is 16.3 Å². The molecule has 0 saturated heterocycles. The van der Waals surface area contributed by atoms with Gasteiger partial charge >= 0.3 is 0 Å². The van der Waals surface area contributed by atoms with E-state index >= 15 is 0 Å². The average molecular weight is 308 g/mol. The maximum Gasteiger partial charge on any atom is 0.142 e. The number of benzene rings is 2. The molecule has 2 aromatic rings. The molecule has 2 nitrogen and oxygen atoms in total. The van der Waals surface area contributed by atoms with Gasteiger partial charge in [-0.15, -0.1) is 0 Å². The average Bonchev–Trinajstić information content (AvgIpc) is 2.49. The summed E-state index contributed by atoms with van der Waals surface area (Å²) in [6.45, 7) is 2.67. The van der Waals surface area contributed by atoms with Crippen molar-refractivity contribution in [3.8, 4) is 0 Å². The van der Waals surface area contributed by atoms with Crippen LogP contribution in [0.15, 0.2) is 42.5 Å². The van der Waals surface area contributed by atoms with Gasteiger partial charge < -0.3 is 10.1 Å². The molecule has 0 radical (unpaired) electrons. The number of ether oxygens (including phenoxy) is 1. The van der Waals surface area contributed by atoms with Gasteiger partial charge in [0.1, 0.15) is 5.82 Å². The lowest BCUT2D eigenvalue weighted by molar-refractivity contribution is 0.202. The molecule has 1 unspecified atom stereocenters. The molecule has 2 aromatic carbocycles. The molecule has 2 rings (SSSR count).